The molecule has 0 heterocycles. The maximum absolute atomic E-state index is 12.8. The molecule has 0 saturated heterocycles. The minimum atomic E-state index is -0.825. The topological polar surface area (TPSA) is 26.0 Å². The van der Waals surface area contributed by atoms with Crippen molar-refractivity contribution in [2.75, 3.05) is 0 Å². The second-order valence-corrected chi connectivity index (χ2v) is 3.42. The van der Waals surface area contributed by atoms with Gasteiger partial charge in [0.15, 0.2) is 11.6 Å². The summed E-state index contributed by atoms with van der Waals surface area (Å²) in [6.45, 7) is 2.07. The summed E-state index contributed by atoms with van der Waals surface area (Å²) >= 11 is 0. The van der Waals surface area contributed by atoms with Crippen molar-refractivity contribution in [3.05, 3.63) is 35.4 Å². The summed E-state index contributed by atoms with van der Waals surface area (Å²) in [5.74, 6) is -1.65. The monoisotopic (exact) mass is 235 g/mol. The van der Waals surface area contributed by atoms with Gasteiger partial charge in [-0.3, -0.25) is 0 Å². The smallest absolute Gasteiger partial charge is 0.159 e. The lowest BCUT2D eigenvalue weighted by molar-refractivity contribution is 0.503. The predicted octanol–water partition coefficient (Wildman–Crippen LogP) is 3.58. The lowest BCUT2D eigenvalue weighted by Gasteiger charge is -2.11. The van der Waals surface area contributed by atoms with Crippen LogP contribution >= 0.6 is 12.4 Å². The Hall–Kier alpha value is -0.670. The fourth-order valence-corrected chi connectivity index (χ4v) is 1.33. The molecule has 0 saturated carbocycles. The van der Waals surface area contributed by atoms with Gasteiger partial charge >= 0.3 is 0 Å². The van der Waals surface area contributed by atoms with Crippen LogP contribution in [0, 0.1) is 11.6 Å². The fourth-order valence-electron chi connectivity index (χ4n) is 1.33. The molecule has 0 aliphatic rings. The van der Waals surface area contributed by atoms with Crippen LogP contribution in [-0.2, 0) is 0 Å². The lowest BCUT2D eigenvalue weighted by atomic mass is 10.0. The first kappa shape index (κ1) is 14.3. The standard InChI is InChI=1S/C11H15F2N.ClH/c1-2-3-4-11(14)8-5-6-9(12)10(13)7-8;/h5-7,11H,2-4,14H2,1H3;1H/t11-;/m1./s1. The number of nitrogens with two attached hydrogens (primary N) is 1. The Morgan fingerprint density at radius 2 is 1.93 bits per heavy atom. The molecule has 15 heavy (non-hydrogen) atoms. The Morgan fingerprint density at radius 1 is 1.27 bits per heavy atom. The zero-order valence-corrected chi connectivity index (χ0v) is 9.49. The number of halogens is 3. The van der Waals surface area contributed by atoms with Crippen molar-refractivity contribution in [2.24, 2.45) is 5.73 Å². The molecule has 0 unspecified atom stereocenters. The second-order valence-electron chi connectivity index (χ2n) is 3.42. The molecule has 86 valence electrons. The number of hydrogen-bond acceptors (Lipinski definition) is 1. The third-order valence-corrected chi connectivity index (χ3v) is 2.24. The summed E-state index contributed by atoms with van der Waals surface area (Å²) in [4.78, 5) is 0. The van der Waals surface area contributed by atoms with Crippen LogP contribution in [0.5, 0.6) is 0 Å². The minimum absolute atomic E-state index is 0. The molecular formula is C11H16ClF2N. The molecule has 0 fully saturated rings. The Labute approximate surface area is 95.1 Å². The van der Waals surface area contributed by atoms with Crippen molar-refractivity contribution < 1.29 is 8.78 Å². The highest BCUT2D eigenvalue weighted by molar-refractivity contribution is 5.85. The molecule has 0 aliphatic heterocycles. The first-order chi connectivity index (χ1) is 6.65. The lowest BCUT2D eigenvalue weighted by Crippen LogP contribution is -2.10. The van der Waals surface area contributed by atoms with Crippen LogP contribution in [0.1, 0.15) is 37.8 Å². The third kappa shape index (κ3) is 4.14. The van der Waals surface area contributed by atoms with E-state index >= 15 is 0 Å². The van der Waals surface area contributed by atoms with Gasteiger partial charge in [0.2, 0.25) is 0 Å². The van der Waals surface area contributed by atoms with E-state index in [-0.39, 0.29) is 18.4 Å². The number of unbranched alkanes of at least 4 members (excludes halogenated alkanes) is 1. The van der Waals surface area contributed by atoms with Crippen molar-refractivity contribution >= 4 is 12.4 Å². The number of hydrogen-bond donors (Lipinski definition) is 1. The van der Waals surface area contributed by atoms with Crippen molar-refractivity contribution in [2.45, 2.75) is 32.2 Å². The van der Waals surface area contributed by atoms with Gasteiger partial charge in [-0.25, -0.2) is 8.78 Å². The molecule has 1 atom stereocenters. The van der Waals surface area contributed by atoms with E-state index in [9.17, 15) is 8.78 Å². The van der Waals surface area contributed by atoms with Crippen LogP contribution in [0.2, 0.25) is 0 Å². The molecule has 0 amide bonds. The van der Waals surface area contributed by atoms with E-state index in [1.54, 1.807) is 6.07 Å². The van der Waals surface area contributed by atoms with Gasteiger partial charge in [0.1, 0.15) is 0 Å². The molecule has 1 aromatic rings. The maximum Gasteiger partial charge on any atom is 0.159 e. The van der Waals surface area contributed by atoms with Crippen LogP contribution in [0.15, 0.2) is 18.2 Å². The van der Waals surface area contributed by atoms with Crippen LogP contribution in [0.25, 0.3) is 0 Å². The van der Waals surface area contributed by atoms with Gasteiger partial charge in [-0.05, 0) is 24.1 Å². The molecule has 0 bridgehead atoms. The summed E-state index contributed by atoms with van der Waals surface area (Å²) in [5.41, 5.74) is 6.48. The summed E-state index contributed by atoms with van der Waals surface area (Å²) in [6.07, 6.45) is 2.86. The van der Waals surface area contributed by atoms with Gasteiger partial charge in [-0.2, -0.15) is 0 Å². The molecule has 4 heteroatoms. The Kier molecular flexibility index (Phi) is 6.45. The van der Waals surface area contributed by atoms with Gasteiger partial charge in [0, 0.05) is 6.04 Å². The summed E-state index contributed by atoms with van der Waals surface area (Å²) in [6, 6.07) is 3.65. The van der Waals surface area contributed by atoms with E-state index in [0.717, 1.165) is 25.3 Å². The van der Waals surface area contributed by atoms with Gasteiger partial charge < -0.3 is 5.73 Å². The Bertz CT molecular complexity index is 305. The molecule has 1 rings (SSSR count). The maximum atomic E-state index is 12.8. The second kappa shape index (κ2) is 6.75. The molecule has 0 spiro atoms. The number of benzene rings is 1. The van der Waals surface area contributed by atoms with Crippen molar-refractivity contribution in [1.29, 1.82) is 0 Å². The van der Waals surface area contributed by atoms with E-state index in [1.165, 1.54) is 6.07 Å². The van der Waals surface area contributed by atoms with E-state index < -0.39 is 11.6 Å². The SMILES string of the molecule is CCCC[C@@H](N)c1ccc(F)c(F)c1.Cl. The highest BCUT2D eigenvalue weighted by Gasteiger charge is 2.08. The summed E-state index contributed by atoms with van der Waals surface area (Å²) in [7, 11) is 0. The highest BCUT2D eigenvalue weighted by Crippen LogP contribution is 2.18. The van der Waals surface area contributed by atoms with Gasteiger partial charge in [0.25, 0.3) is 0 Å². The van der Waals surface area contributed by atoms with Gasteiger partial charge in [-0.1, -0.05) is 25.8 Å². The summed E-state index contributed by atoms with van der Waals surface area (Å²) in [5, 5.41) is 0. The number of rotatable bonds is 4. The summed E-state index contributed by atoms with van der Waals surface area (Å²) < 4.78 is 25.4. The van der Waals surface area contributed by atoms with Crippen LogP contribution in [-0.4, -0.2) is 0 Å². The van der Waals surface area contributed by atoms with Crippen LogP contribution < -0.4 is 5.73 Å². The largest absolute Gasteiger partial charge is 0.324 e. The predicted molar refractivity (Wildman–Crippen MR) is 60.1 cm³/mol. The average molecular weight is 236 g/mol. The van der Waals surface area contributed by atoms with Gasteiger partial charge in [0.05, 0.1) is 0 Å². The average Bonchev–Trinajstić information content (AvgIpc) is 2.18. The van der Waals surface area contributed by atoms with Crippen molar-refractivity contribution in [3.8, 4) is 0 Å². The molecular weight excluding hydrogens is 220 g/mol. The molecule has 0 aromatic heterocycles. The third-order valence-electron chi connectivity index (χ3n) is 2.24. The van der Waals surface area contributed by atoms with Crippen LogP contribution in [0.4, 0.5) is 8.78 Å². The van der Waals surface area contributed by atoms with E-state index in [0.29, 0.717) is 5.56 Å². The van der Waals surface area contributed by atoms with Gasteiger partial charge in [-0.15, -0.1) is 12.4 Å². The van der Waals surface area contributed by atoms with Crippen molar-refractivity contribution in [1.82, 2.24) is 0 Å². The molecule has 2 N–H and O–H groups in total. The molecule has 1 aromatic carbocycles. The van der Waals surface area contributed by atoms with E-state index in [2.05, 4.69) is 6.92 Å². The Balaban J connectivity index is 0.00000196. The molecule has 1 nitrogen and oxygen atoms in total. The zero-order chi connectivity index (χ0) is 10.6. The van der Waals surface area contributed by atoms with Crippen LogP contribution in [0.3, 0.4) is 0 Å². The minimum Gasteiger partial charge on any atom is -0.324 e. The van der Waals surface area contributed by atoms with E-state index in [4.69, 9.17) is 5.73 Å². The normalized spacial score (nSPS) is 12.0. The quantitative estimate of drug-likeness (QED) is 0.848. The highest BCUT2D eigenvalue weighted by atomic mass is 35.5. The molecule has 0 aliphatic carbocycles. The van der Waals surface area contributed by atoms with Crippen molar-refractivity contribution in [3.63, 3.8) is 0 Å². The fraction of sp³-hybridized carbons (Fsp3) is 0.455. The Morgan fingerprint density at radius 3 is 2.47 bits per heavy atom. The molecule has 0 radical (unpaired) electrons. The zero-order valence-electron chi connectivity index (χ0n) is 8.67. The van der Waals surface area contributed by atoms with E-state index in [1.807, 2.05) is 0 Å². The first-order valence-corrected chi connectivity index (χ1v) is 4.85. The first-order valence-electron chi connectivity index (χ1n) is 4.85.